The Morgan fingerprint density at radius 1 is 0.871 bits per heavy atom. The quantitative estimate of drug-likeness (QED) is 0.180. The van der Waals surface area contributed by atoms with Crippen LogP contribution in [0.4, 0.5) is 23.1 Å². The van der Waals surface area contributed by atoms with E-state index in [1.54, 1.807) is 18.3 Å². The highest BCUT2D eigenvalue weighted by molar-refractivity contribution is 7.90. The molecule has 1 unspecified atom stereocenters. The molecule has 0 radical (unpaired) electrons. The minimum atomic E-state index is -3.49. The molecule has 0 bridgehead atoms. The van der Waals surface area contributed by atoms with E-state index in [-0.39, 0.29) is 17.2 Å². The van der Waals surface area contributed by atoms with Crippen LogP contribution < -0.4 is 20.4 Å². The van der Waals surface area contributed by atoms with Gasteiger partial charge < -0.3 is 20.4 Å². The number of hydrogen-bond acceptors (Lipinski definition) is 14. The third kappa shape index (κ3) is 7.35. The van der Waals surface area contributed by atoms with Gasteiger partial charge in [0.15, 0.2) is 11.6 Å². The number of carbonyl (C=O) groups excluding carboxylic acids is 3. The molecule has 1 aliphatic carbocycles. The van der Waals surface area contributed by atoms with Crippen molar-refractivity contribution >= 4 is 61.8 Å². The van der Waals surface area contributed by atoms with E-state index in [4.69, 9.17) is 10.1 Å². The van der Waals surface area contributed by atoms with Crippen LogP contribution >= 0.6 is 0 Å². The van der Waals surface area contributed by atoms with Crippen molar-refractivity contribution < 1.29 is 22.8 Å². The highest BCUT2D eigenvalue weighted by atomic mass is 32.2. The van der Waals surface area contributed by atoms with E-state index in [0.717, 1.165) is 90.1 Å². The first kappa shape index (κ1) is 39.9. The van der Waals surface area contributed by atoms with Crippen LogP contribution in [-0.2, 0) is 14.8 Å². The summed E-state index contributed by atoms with van der Waals surface area (Å²) in [6.45, 7) is 14.3. The summed E-state index contributed by atoms with van der Waals surface area (Å²) in [6, 6.07) is 8.50. The van der Waals surface area contributed by atoms with Gasteiger partial charge in [0.1, 0.15) is 17.7 Å². The standard InChI is InChI=1S/C43H49N13O5S/c1-26(2)56-36-21-38(48-37-10-13-44-39(49-37)29-22-46-54(25-29)62(60,61)31-6-7-31)45-23-34(36)40(50-56)53-18-16-51(17-19-53)24-28-11-14-52(15-12-28)30-5-8-32-33(20-30)43(59)55(42(32)58)35-9-4-27(3)47-41(35)57/h5,8,10,13,20-23,25-26,28,31,35H,3-4,6-7,9,11-12,14-19,24H2,1-2H3,(H,47,57)(H,44,45,48,49). The summed E-state index contributed by atoms with van der Waals surface area (Å²) in [5, 5.41) is 15.8. The van der Waals surface area contributed by atoms with Crippen LogP contribution in [0.15, 0.2) is 67.4 Å². The Balaban J connectivity index is 0.748. The molecule has 4 fully saturated rings. The van der Waals surface area contributed by atoms with E-state index in [1.165, 1.54) is 12.4 Å². The Kier molecular flexibility index (Phi) is 10.0. The van der Waals surface area contributed by atoms with Crippen LogP contribution in [0, 0.1) is 5.92 Å². The molecule has 5 aromatic rings. The number of piperidine rings is 2. The predicted octanol–water partition coefficient (Wildman–Crippen LogP) is 4.18. The number of allylic oxidation sites excluding steroid dienone is 1. The average molecular weight is 860 g/mol. The summed E-state index contributed by atoms with van der Waals surface area (Å²) in [7, 11) is -3.49. The van der Waals surface area contributed by atoms with Crippen molar-refractivity contribution in [2.75, 3.05) is 60.9 Å². The van der Waals surface area contributed by atoms with Crippen LogP contribution in [-0.4, -0.2) is 127 Å². The van der Waals surface area contributed by atoms with Gasteiger partial charge in [-0.2, -0.15) is 14.3 Å². The number of imide groups is 1. The minimum absolute atomic E-state index is 0.114. The van der Waals surface area contributed by atoms with E-state index < -0.39 is 27.9 Å². The summed E-state index contributed by atoms with van der Waals surface area (Å²) >= 11 is 0. The number of aromatic nitrogens is 7. The molecule has 10 rings (SSSR count). The number of benzene rings is 1. The minimum Gasteiger partial charge on any atom is -0.371 e. The molecular formula is C43H49N13O5S. The smallest absolute Gasteiger partial charge is 0.262 e. The van der Waals surface area contributed by atoms with Gasteiger partial charge in [0.25, 0.3) is 21.8 Å². The van der Waals surface area contributed by atoms with Crippen LogP contribution in [0.2, 0.25) is 0 Å². The molecule has 1 saturated carbocycles. The summed E-state index contributed by atoms with van der Waals surface area (Å²) in [6.07, 6.45) is 10.7. The molecule has 18 nitrogen and oxygen atoms in total. The van der Waals surface area contributed by atoms with Gasteiger partial charge in [-0.25, -0.2) is 23.4 Å². The molecule has 19 heteroatoms. The van der Waals surface area contributed by atoms with Gasteiger partial charge in [-0.1, -0.05) is 6.58 Å². The summed E-state index contributed by atoms with van der Waals surface area (Å²) in [5.41, 5.74) is 3.73. The molecule has 1 atom stereocenters. The second-order valence-electron chi connectivity index (χ2n) is 17.3. The van der Waals surface area contributed by atoms with E-state index in [0.29, 0.717) is 71.4 Å². The van der Waals surface area contributed by atoms with Crippen molar-refractivity contribution in [1.29, 1.82) is 0 Å². The molecule has 4 aliphatic heterocycles. The first-order valence-corrected chi connectivity index (χ1v) is 22.9. The van der Waals surface area contributed by atoms with Gasteiger partial charge in [-0.3, -0.25) is 28.9 Å². The Bertz CT molecular complexity index is 2730. The molecule has 3 amide bonds. The Labute approximate surface area is 359 Å². The number of piperazine rings is 1. The van der Waals surface area contributed by atoms with Gasteiger partial charge in [0.2, 0.25) is 5.91 Å². The second-order valence-corrected chi connectivity index (χ2v) is 19.3. The molecule has 322 valence electrons. The third-order valence-corrected chi connectivity index (χ3v) is 14.7. The lowest BCUT2D eigenvalue weighted by molar-refractivity contribution is -0.125. The van der Waals surface area contributed by atoms with E-state index >= 15 is 0 Å². The number of amides is 3. The fourth-order valence-electron chi connectivity index (χ4n) is 9.11. The summed E-state index contributed by atoms with van der Waals surface area (Å²) < 4.78 is 28.4. The molecule has 2 N–H and O–H groups in total. The maximum atomic E-state index is 13.5. The fourth-order valence-corrected chi connectivity index (χ4v) is 10.6. The topological polar surface area (TPSA) is 197 Å². The zero-order chi connectivity index (χ0) is 42.9. The lowest BCUT2D eigenvalue weighted by Gasteiger charge is -2.39. The molecule has 8 heterocycles. The number of rotatable bonds is 11. The predicted molar refractivity (Wildman–Crippen MR) is 233 cm³/mol. The highest BCUT2D eigenvalue weighted by Crippen LogP contribution is 2.35. The van der Waals surface area contributed by atoms with Gasteiger partial charge in [-0.05, 0) is 82.6 Å². The number of hydrogen-bond donors (Lipinski definition) is 2. The number of pyridine rings is 1. The monoisotopic (exact) mass is 859 g/mol. The van der Waals surface area contributed by atoms with Gasteiger partial charge in [0, 0.05) is 81.7 Å². The van der Waals surface area contributed by atoms with Gasteiger partial charge >= 0.3 is 0 Å². The zero-order valence-corrected chi connectivity index (χ0v) is 35.6. The van der Waals surface area contributed by atoms with Crippen LogP contribution in [0.1, 0.15) is 79.1 Å². The molecule has 1 aromatic carbocycles. The first-order valence-electron chi connectivity index (χ1n) is 21.4. The lowest BCUT2D eigenvalue weighted by Crippen LogP contribution is -2.51. The Morgan fingerprint density at radius 3 is 2.39 bits per heavy atom. The number of nitrogens with zero attached hydrogens (tertiary/aromatic N) is 11. The number of fused-ring (bicyclic) bond motifs is 2. The number of carbonyl (C=O) groups is 3. The summed E-state index contributed by atoms with van der Waals surface area (Å²) in [5.74, 6) is 1.77. The van der Waals surface area contributed by atoms with E-state index in [9.17, 15) is 22.8 Å². The molecule has 62 heavy (non-hydrogen) atoms. The van der Waals surface area contributed by atoms with Crippen LogP contribution in [0.25, 0.3) is 22.3 Å². The van der Waals surface area contributed by atoms with Crippen molar-refractivity contribution in [1.82, 2.24) is 49.0 Å². The normalized spacial score (nSPS) is 20.4. The Hall–Kier alpha value is -6.21. The van der Waals surface area contributed by atoms with E-state index in [1.807, 2.05) is 29.1 Å². The van der Waals surface area contributed by atoms with Crippen molar-refractivity contribution in [3.63, 3.8) is 0 Å². The van der Waals surface area contributed by atoms with E-state index in [2.05, 4.69) is 60.8 Å². The third-order valence-electron chi connectivity index (χ3n) is 12.7. The zero-order valence-electron chi connectivity index (χ0n) is 34.8. The van der Waals surface area contributed by atoms with Crippen molar-refractivity contribution in [2.45, 2.75) is 69.7 Å². The average Bonchev–Trinajstić information content (AvgIpc) is 3.81. The maximum absolute atomic E-state index is 13.5. The van der Waals surface area contributed by atoms with Crippen molar-refractivity contribution in [2.24, 2.45) is 5.92 Å². The maximum Gasteiger partial charge on any atom is 0.262 e. The number of anilines is 4. The lowest BCUT2D eigenvalue weighted by atomic mass is 9.95. The fraction of sp³-hybridized carbons (Fsp3) is 0.442. The number of nitrogens with one attached hydrogen (secondary N) is 2. The van der Waals surface area contributed by atoms with Crippen molar-refractivity contribution in [3.8, 4) is 11.4 Å². The first-order chi connectivity index (χ1) is 29.9. The highest BCUT2D eigenvalue weighted by Gasteiger charge is 2.44. The van der Waals surface area contributed by atoms with Gasteiger partial charge in [0.05, 0.1) is 45.2 Å². The van der Waals surface area contributed by atoms with Crippen LogP contribution in [0.3, 0.4) is 0 Å². The Morgan fingerprint density at radius 2 is 1.65 bits per heavy atom. The molecule has 0 spiro atoms. The molecular weight excluding hydrogens is 811 g/mol. The molecule has 5 aliphatic rings. The van der Waals surface area contributed by atoms with Crippen LogP contribution in [0.5, 0.6) is 0 Å². The van der Waals surface area contributed by atoms with Gasteiger partial charge in [-0.15, -0.1) is 0 Å². The second kappa shape index (κ2) is 15.6. The largest absolute Gasteiger partial charge is 0.371 e. The van der Waals surface area contributed by atoms with Crippen molar-refractivity contribution in [3.05, 3.63) is 78.5 Å². The summed E-state index contributed by atoms with van der Waals surface area (Å²) in [4.78, 5) is 61.4. The molecule has 3 saturated heterocycles. The molecule has 4 aromatic heterocycles. The SMILES string of the molecule is C=C1CCC(N2C(=O)c3ccc(N4CCC(CN5CCN(c6nn(C(C)C)c7cc(Nc8ccnc(-c9cnn(S(=O)(=O)C%10CC%10)c9)n8)ncc67)CC5)CC4)cc3C2=O)C(=O)N1.